The average molecular weight is 155 g/mol. The first-order valence-electron chi connectivity index (χ1n) is 3.28. The van der Waals surface area contributed by atoms with Gasteiger partial charge in [0.15, 0.2) is 0 Å². The lowest BCUT2D eigenvalue weighted by Crippen LogP contribution is -2.28. The van der Waals surface area contributed by atoms with E-state index in [0.717, 1.165) is 0 Å². The molecular formula is C7H9NO3. The second-order valence-corrected chi connectivity index (χ2v) is 2.25. The Balaban J connectivity index is 2.35. The molecule has 0 aromatic heterocycles. The number of amides is 1. The highest BCUT2D eigenvalue weighted by Crippen LogP contribution is 2.01. The summed E-state index contributed by atoms with van der Waals surface area (Å²) < 4.78 is 4.42. The van der Waals surface area contributed by atoms with Gasteiger partial charge in [-0.3, -0.25) is 9.59 Å². The molecule has 0 aromatic rings. The summed E-state index contributed by atoms with van der Waals surface area (Å²) in [5, 5.41) is 2.57. The number of ether oxygens (including phenoxy) is 1. The van der Waals surface area contributed by atoms with Gasteiger partial charge in [0.05, 0.1) is 19.6 Å². The van der Waals surface area contributed by atoms with E-state index < -0.39 is 0 Å². The number of esters is 1. The highest BCUT2D eigenvalue weighted by molar-refractivity contribution is 5.91. The highest BCUT2D eigenvalue weighted by atomic mass is 16.5. The Morgan fingerprint density at radius 2 is 2.55 bits per heavy atom. The zero-order valence-corrected chi connectivity index (χ0v) is 6.16. The molecule has 0 bridgehead atoms. The molecule has 4 heteroatoms. The number of methoxy groups -OCH3 is 1. The molecule has 11 heavy (non-hydrogen) atoms. The van der Waals surface area contributed by atoms with Crippen molar-refractivity contribution < 1.29 is 14.3 Å². The lowest BCUT2D eigenvalue weighted by atomic mass is 10.2. The van der Waals surface area contributed by atoms with Crippen LogP contribution in [0.1, 0.15) is 6.42 Å². The first-order valence-corrected chi connectivity index (χ1v) is 3.28. The second-order valence-electron chi connectivity index (χ2n) is 2.25. The van der Waals surface area contributed by atoms with Crippen LogP contribution in [0.2, 0.25) is 0 Å². The molecule has 60 valence electrons. The lowest BCUT2D eigenvalue weighted by molar-refractivity contribution is -0.140. The molecule has 4 nitrogen and oxygen atoms in total. The van der Waals surface area contributed by atoms with Crippen molar-refractivity contribution in [3.63, 3.8) is 0 Å². The zero-order valence-electron chi connectivity index (χ0n) is 6.16. The van der Waals surface area contributed by atoms with Crippen LogP contribution in [0.15, 0.2) is 12.2 Å². The van der Waals surface area contributed by atoms with E-state index in [4.69, 9.17) is 0 Å². The predicted molar refractivity (Wildman–Crippen MR) is 37.7 cm³/mol. The Labute approximate surface area is 64.2 Å². The summed E-state index contributed by atoms with van der Waals surface area (Å²) in [5.41, 5.74) is 0. The number of carbonyl (C=O) groups excluding carboxylic acids is 2. The molecule has 1 aliphatic rings. The van der Waals surface area contributed by atoms with E-state index in [1.54, 1.807) is 6.08 Å². The van der Waals surface area contributed by atoms with Crippen LogP contribution < -0.4 is 5.32 Å². The normalized spacial score (nSPS) is 21.5. The van der Waals surface area contributed by atoms with Crippen molar-refractivity contribution in [3.05, 3.63) is 12.2 Å². The Morgan fingerprint density at radius 3 is 3.00 bits per heavy atom. The van der Waals surface area contributed by atoms with Crippen LogP contribution in [0.25, 0.3) is 0 Å². The lowest BCUT2D eigenvalue weighted by Gasteiger charge is -2.05. The maximum atomic E-state index is 10.7. The third-order valence-electron chi connectivity index (χ3n) is 1.42. The summed E-state index contributed by atoms with van der Waals surface area (Å²) in [5.74, 6) is -0.472. The van der Waals surface area contributed by atoms with Crippen molar-refractivity contribution in [2.75, 3.05) is 7.11 Å². The monoisotopic (exact) mass is 155 g/mol. The minimum atomic E-state index is -0.318. The SMILES string of the molecule is COC(=O)C[C@@H]1C=CC(=O)N1. The smallest absolute Gasteiger partial charge is 0.307 e. The zero-order chi connectivity index (χ0) is 8.27. The minimum Gasteiger partial charge on any atom is -0.469 e. The summed E-state index contributed by atoms with van der Waals surface area (Å²) in [6.45, 7) is 0. The number of hydrogen-bond acceptors (Lipinski definition) is 3. The fourth-order valence-electron chi connectivity index (χ4n) is 0.864. The quantitative estimate of drug-likeness (QED) is 0.552. The van der Waals surface area contributed by atoms with Gasteiger partial charge in [-0.2, -0.15) is 0 Å². The van der Waals surface area contributed by atoms with Crippen molar-refractivity contribution in [2.45, 2.75) is 12.5 Å². The maximum Gasteiger partial charge on any atom is 0.307 e. The summed E-state index contributed by atoms with van der Waals surface area (Å²) in [6, 6.07) is -0.185. The molecule has 1 rings (SSSR count). The molecule has 0 saturated carbocycles. The highest BCUT2D eigenvalue weighted by Gasteiger charge is 2.17. The third kappa shape index (κ3) is 2.07. The van der Waals surface area contributed by atoms with Crippen LogP contribution in [0.4, 0.5) is 0 Å². The maximum absolute atomic E-state index is 10.7. The molecule has 0 spiro atoms. The van der Waals surface area contributed by atoms with Crippen molar-refractivity contribution in [1.82, 2.24) is 5.32 Å². The number of nitrogens with one attached hydrogen (secondary N) is 1. The molecule has 0 aliphatic carbocycles. The summed E-state index contributed by atoms with van der Waals surface area (Å²) >= 11 is 0. The van der Waals surface area contributed by atoms with E-state index in [2.05, 4.69) is 10.1 Å². The first-order chi connectivity index (χ1) is 5.22. The molecule has 1 atom stereocenters. The second kappa shape index (κ2) is 3.18. The van der Waals surface area contributed by atoms with Gasteiger partial charge in [-0.15, -0.1) is 0 Å². The van der Waals surface area contributed by atoms with Crippen molar-refractivity contribution in [2.24, 2.45) is 0 Å². The number of hydrogen-bond donors (Lipinski definition) is 1. The summed E-state index contributed by atoms with van der Waals surface area (Å²) in [6.07, 6.45) is 3.27. The van der Waals surface area contributed by atoms with Crippen LogP contribution >= 0.6 is 0 Å². The van der Waals surface area contributed by atoms with Crippen LogP contribution in [-0.2, 0) is 14.3 Å². The topological polar surface area (TPSA) is 55.4 Å². The minimum absolute atomic E-state index is 0.154. The molecule has 0 fully saturated rings. The van der Waals surface area contributed by atoms with Gasteiger partial charge in [0.25, 0.3) is 0 Å². The molecule has 1 aliphatic heterocycles. The number of rotatable bonds is 2. The molecule has 0 unspecified atom stereocenters. The van der Waals surface area contributed by atoms with E-state index in [0.29, 0.717) is 0 Å². The van der Waals surface area contributed by atoms with Gasteiger partial charge in [-0.25, -0.2) is 0 Å². The van der Waals surface area contributed by atoms with Crippen molar-refractivity contribution in [3.8, 4) is 0 Å². The van der Waals surface area contributed by atoms with E-state index in [9.17, 15) is 9.59 Å². The third-order valence-corrected chi connectivity index (χ3v) is 1.42. The molecule has 0 saturated heterocycles. The molecule has 1 heterocycles. The molecule has 0 aromatic carbocycles. The van der Waals surface area contributed by atoms with E-state index in [1.807, 2.05) is 0 Å². The van der Waals surface area contributed by atoms with E-state index in [-0.39, 0.29) is 24.3 Å². The van der Waals surface area contributed by atoms with Gasteiger partial charge < -0.3 is 10.1 Å². The Bertz CT molecular complexity index is 210. The fourth-order valence-corrected chi connectivity index (χ4v) is 0.864. The van der Waals surface area contributed by atoms with Gasteiger partial charge in [-0.05, 0) is 0 Å². The summed E-state index contributed by atoms with van der Waals surface area (Å²) in [4.78, 5) is 21.2. The fraction of sp³-hybridized carbons (Fsp3) is 0.429. The van der Waals surface area contributed by atoms with Gasteiger partial charge in [0.2, 0.25) is 5.91 Å². The van der Waals surface area contributed by atoms with Crippen LogP contribution in [0.5, 0.6) is 0 Å². The Morgan fingerprint density at radius 1 is 1.82 bits per heavy atom. The predicted octanol–water partition coefficient (Wildman–Crippen LogP) is -0.396. The molecule has 1 amide bonds. The van der Waals surface area contributed by atoms with E-state index >= 15 is 0 Å². The largest absolute Gasteiger partial charge is 0.469 e. The molecular weight excluding hydrogens is 146 g/mol. The summed E-state index contributed by atoms with van der Waals surface area (Å²) in [7, 11) is 1.32. The molecule has 0 radical (unpaired) electrons. The number of carbonyl (C=O) groups is 2. The Kier molecular flexibility index (Phi) is 2.25. The van der Waals surface area contributed by atoms with Gasteiger partial charge in [0, 0.05) is 6.08 Å². The van der Waals surface area contributed by atoms with Crippen LogP contribution in [0.3, 0.4) is 0 Å². The van der Waals surface area contributed by atoms with E-state index in [1.165, 1.54) is 13.2 Å². The molecule has 1 N–H and O–H groups in total. The first kappa shape index (κ1) is 7.78. The van der Waals surface area contributed by atoms with Gasteiger partial charge >= 0.3 is 5.97 Å². The van der Waals surface area contributed by atoms with Crippen LogP contribution in [0, 0.1) is 0 Å². The van der Waals surface area contributed by atoms with Gasteiger partial charge in [-0.1, -0.05) is 6.08 Å². The van der Waals surface area contributed by atoms with Crippen LogP contribution in [-0.4, -0.2) is 25.0 Å². The standard InChI is InChI=1S/C7H9NO3/c1-11-7(10)4-5-2-3-6(9)8-5/h2-3,5H,4H2,1H3,(H,8,9)/t5-/m0/s1. The average Bonchev–Trinajstić information content (AvgIpc) is 2.35. The van der Waals surface area contributed by atoms with Crippen molar-refractivity contribution in [1.29, 1.82) is 0 Å². The van der Waals surface area contributed by atoms with Crippen molar-refractivity contribution >= 4 is 11.9 Å². The Hall–Kier alpha value is -1.32. The van der Waals surface area contributed by atoms with Gasteiger partial charge in [0.1, 0.15) is 0 Å².